The number of carbonyl (C=O) groups excluding carboxylic acids is 1. The Kier molecular flexibility index (Phi) is 6.73. The SMILES string of the molecule is O=C(Nc1cnn(COc2cccc(Cl)c2)c1)c1ccc(COc2c(F)c(F)cc(F)c2F)o1. The minimum Gasteiger partial charge on any atom is -0.479 e. The largest absolute Gasteiger partial charge is 0.479 e. The topological polar surface area (TPSA) is 78.5 Å². The number of carbonyl (C=O) groups is 1. The molecule has 4 rings (SSSR count). The van der Waals surface area contributed by atoms with Crippen molar-refractivity contribution >= 4 is 23.2 Å². The molecule has 1 amide bonds. The zero-order valence-corrected chi connectivity index (χ0v) is 17.8. The number of benzene rings is 2. The van der Waals surface area contributed by atoms with Crippen molar-refractivity contribution in [2.75, 3.05) is 5.32 Å². The number of rotatable bonds is 8. The average Bonchev–Trinajstić information content (AvgIpc) is 3.46. The summed E-state index contributed by atoms with van der Waals surface area (Å²) in [6.45, 7) is -0.519. The van der Waals surface area contributed by atoms with E-state index in [9.17, 15) is 22.4 Å². The lowest BCUT2D eigenvalue weighted by molar-refractivity contribution is 0.0992. The number of amides is 1. The van der Waals surface area contributed by atoms with Crippen LogP contribution in [-0.2, 0) is 13.3 Å². The highest BCUT2D eigenvalue weighted by atomic mass is 35.5. The number of nitrogens with one attached hydrogen (secondary N) is 1. The summed E-state index contributed by atoms with van der Waals surface area (Å²) in [6, 6.07) is 9.47. The second-order valence-corrected chi connectivity index (χ2v) is 7.24. The van der Waals surface area contributed by atoms with Gasteiger partial charge in [-0.1, -0.05) is 17.7 Å². The Morgan fingerprint density at radius 2 is 1.82 bits per heavy atom. The Balaban J connectivity index is 1.33. The predicted octanol–water partition coefficient (Wildman–Crippen LogP) is 5.55. The molecule has 0 spiro atoms. The number of hydrogen-bond acceptors (Lipinski definition) is 5. The quantitative estimate of drug-likeness (QED) is 0.256. The summed E-state index contributed by atoms with van der Waals surface area (Å²) >= 11 is 5.90. The fraction of sp³-hybridized carbons (Fsp3) is 0.0909. The summed E-state index contributed by atoms with van der Waals surface area (Å²) in [7, 11) is 0. The van der Waals surface area contributed by atoms with E-state index in [4.69, 9.17) is 25.5 Å². The molecule has 12 heteroatoms. The van der Waals surface area contributed by atoms with Gasteiger partial charge in [0.05, 0.1) is 18.1 Å². The number of anilines is 1. The number of ether oxygens (including phenoxy) is 2. The molecule has 34 heavy (non-hydrogen) atoms. The average molecular weight is 496 g/mol. The van der Waals surface area contributed by atoms with Crippen LogP contribution in [0.25, 0.3) is 0 Å². The van der Waals surface area contributed by atoms with Crippen LogP contribution in [0.15, 0.2) is 59.3 Å². The zero-order chi connectivity index (χ0) is 24.2. The first-order chi connectivity index (χ1) is 16.3. The first kappa shape index (κ1) is 23.2. The van der Waals surface area contributed by atoms with Crippen LogP contribution in [0.2, 0.25) is 5.02 Å². The number of nitrogens with zero attached hydrogens (tertiary/aromatic N) is 2. The Labute approximate surface area is 194 Å². The van der Waals surface area contributed by atoms with Gasteiger partial charge in [-0.25, -0.2) is 13.5 Å². The van der Waals surface area contributed by atoms with E-state index in [1.54, 1.807) is 24.3 Å². The van der Waals surface area contributed by atoms with Gasteiger partial charge in [0.1, 0.15) is 18.1 Å². The third-order valence-corrected chi connectivity index (χ3v) is 4.60. The van der Waals surface area contributed by atoms with Crippen molar-refractivity contribution in [3.05, 3.63) is 94.7 Å². The van der Waals surface area contributed by atoms with Crippen LogP contribution in [-0.4, -0.2) is 15.7 Å². The third-order valence-electron chi connectivity index (χ3n) is 4.37. The molecule has 0 bridgehead atoms. The lowest BCUT2D eigenvalue weighted by atomic mass is 10.3. The van der Waals surface area contributed by atoms with Gasteiger partial charge in [-0.05, 0) is 30.3 Å². The summed E-state index contributed by atoms with van der Waals surface area (Å²) in [4.78, 5) is 12.4. The van der Waals surface area contributed by atoms with Gasteiger partial charge in [-0.3, -0.25) is 4.79 Å². The van der Waals surface area contributed by atoms with Crippen molar-refractivity contribution in [1.82, 2.24) is 9.78 Å². The lowest BCUT2D eigenvalue weighted by Gasteiger charge is -2.08. The van der Waals surface area contributed by atoms with E-state index in [0.29, 0.717) is 16.5 Å². The Hall–Kier alpha value is -3.99. The van der Waals surface area contributed by atoms with Gasteiger partial charge < -0.3 is 19.2 Å². The molecule has 1 N–H and O–H groups in total. The summed E-state index contributed by atoms with van der Waals surface area (Å²) in [5.41, 5.74) is 0.341. The minimum atomic E-state index is -1.68. The summed E-state index contributed by atoms with van der Waals surface area (Å²) < 4.78 is 70.9. The number of halogens is 5. The highest BCUT2D eigenvalue weighted by Crippen LogP contribution is 2.27. The van der Waals surface area contributed by atoms with Crippen molar-refractivity contribution in [2.24, 2.45) is 0 Å². The molecule has 0 aliphatic carbocycles. The minimum absolute atomic E-state index is 0.0146. The number of furan rings is 1. The van der Waals surface area contributed by atoms with Gasteiger partial charge in [-0.2, -0.15) is 13.9 Å². The monoisotopic (exact) mass is 495 g/mol. The molecule has 2 aromatic heterocycles. The van der Waals surface area contributed by atoms with Crippen LogP contribution in [0.1, 0.15) is 16.3 Å². The maximum Gasteiger partial charge on any atom is 0.291 e. The smallest absolute Gasteiger partial charge is 0.291 e. The summed E-state index contributed by atoms with van der Waals surface area (Å²) in [5, 5.41) is 7.13. The van der Waals surface area contributed by atoms with E-state index in [1.807, 2.05) is 0 Å². The Morgan fingerprint density at radius 3 is 2.56 bits per heavy atom. The van der Waals surface area contributed by atoms with Crippen LogP contribution < -0.4 is 14.8 Å². The Morgan fingerprint density at radius 1 is 1.06 bits per heavy atom. The molecule has 4 aromatic rings. The number of aromatic nitrogens is 2. The van der Waals surface area contributed by atoms with Gasteiger partial charge in [0.2, 0.25) is 11.6 Å². The molecule has 0 radical (unpaired) electrons. The summed E-state index contributed by atoms with van der Waals surface area (Å²) in [5.74, 6) is -8.06. The van der Waals surface area contributed by atoms with Crippen LogP contribution in [0.3, 0.4) is 0 Å². The molecule has 0 aliphatic rings. The van der Waals surface area contributed by atoms with Gasteiger partial charge in [0, 0.05) is 11.1 Å². The van der Waals surface area contributed by atoms with Crippen LogP contribution in [0.5, 0.6) is 11.5 Å². The van der Waals surface area contributed by atoms with Crippen LogP contribution >= 0.6 is 11.6 Å². The standard InChI is InChI=1S/C22H14ClF4N3O4/c23-12-2-1-3-14(6-12)33-11-30-9-13(8-28-30)29-22(31)18-5-4-15(34-18)10-32-21-19(26)16(24)7-17(25)20(21)27/h1-9H,10-11H2,(H,29,31). The summed E-state index contributed by atoms with van der Waals surface area (Å²) in [6.07, 6.45) is 2.90. The van der Waals surface area contributed by atoms with E-state index in [1.165, 1.54) is 29.2 Å². The molecule has 2 heterocycles. The molecule has 2 aromatic carbocycles. The van der Waals surface area contributed by atoms with E-state index >= 15 is 0 Å². The molecule has 0 saturated carbocycles. The molecule has 0 aliphatic heterocycles. The maximum absolute atomic E-state index is 13.7. The lowest BCUT2D eigenvalue weighted by Crippen LogP contribution is -2.10. The highest BCUT2D eigenvalue weighted by Gasteiger charge is 2.21. The van der Waals surface area contributed by atoms with E-state index in [0.717, 1.165) is 0 Å². The van der Waals surface area contributed by atoms with Gasteiger partial charge in [0.15, 0.2) is 29.9 Å². The molecular formula is C22H14ClF4N3O4. The van der Waals surface area contributed by atoms with Crippen molar-refractivity contribution < 1.29 is 36.2 Å². The first-order valence-corrected chi connectivity index (χ1v) is 9.94. The Bertz CT molecular complexity index is 1320. The molecule has 176 valence electrons. The number of hydrogen-bond donors (Lipinski definition) is 1. The van der Waals surface area contributed by atoms with E-state index in [2.05, 4.69) is 10.4 Å². The fourth-order valence-corrected chi connectivity index (χ4v) is 2.97. The first-order valence-electron chi connectivity index (χ1n) is 9.57. The van der Waals surface area contributed by atoms with Crippen molar-refractivity contribution in [3.63, 3.8) is 0 Å². The van der Waals surface area contributed by atoms with Crippen molar-refractivity contribution in [3.8, 4) is 11.5 Å². The third kappa shape index (κ3) is 5.31. The van der Waals surface area contributed by atoms with Crippen LogP contribution in [0.4, 0.5) is 23.2 Å². The van der Waals surface area contributed by atoms with Crippen molar-refractivity contribution in [1.29, 1.82) is 0 Å². The van der Waals surface area contributed by atoms with Gasteiger partial charge in [-0.15, -0.1) is 0 Å². The second kappa shape index (κ2) is 9.87. The van der Waals surface area contributed by atoms with E-state index in [-0.39, 0.29) is 24.3 Å². The highest BCUT2D eigenvalue weighted by molar-refractivity contribution is 6.30. The molecule has 0 fully saturated rings. The van der Waals surface area contributed by atoms with Crippen LogP contribution in [0, 0.1) is 23.3 Å². The van der Waals surface area contributed by atoms with Gasteiger partial charge >= 0.3 is 0 Å². The second-order valence-electron chi connectivity index (χ2n) is 6.81. The molecule has 0 atom stereocenters. The van der Waals surface area contributed by atoms with E-state index < -0.39 is 41.5 Å². The molecule has 0 unspecified atom stereocenters. The maximum atomic E-state index is 13.7. The van der Waals surface area contributed by atoms with Crippen molar-refractivity contribution in [2.45, 2.75) is 13.3 Å². The fourth-order valence-electron chi connectivity index (χ4n) is 2.79. The van der Waals surface area contributed by atoms with Gasteiger partial charge in [0.25, 0.3) is 5.91 Å². The normalized spacial score (nSPS) is 10.9. The predicted molar refractivity (Wildman–Crippen MR) is 112 cm³/mol. The zero-order valence-electron chi connectivity index (χ0n) is 17.0. The molecular weight excluding hydrogens is 482 g/mol. The molecule has 7 nitrogen and oxygen atoms in total. The molecule has 0 saturated heterocycles.